The van der Waals surface area contributed by atoms with Crippen LogP contribution >= 0.6 is 0 Å². The predicted octanol–water partition coefficient (Wildman–Crippen LogP) is 3.91. The van der Waals surface area contributed by atoms with Gasteiger partial charge in [-0.1, -0.05) is 18.2 Å². The summed E-state index contributed by atoms with van der Waals surface area (Å²) in [6.07, 6.45) is 5.01. The van der Waals surface area contributed by atoms with Gasteiger partial charge in [0, 0.05) is 23.6 Å². The van der Waals surface area contributed by atoms with Crippen LogP contribution in [0.15, 0.2) is 71.2 Å². The fraction of sp³-hybridized carbons (Fsp3) is 0.167. The Kier molecular flexibility index (Phi) is 7.08. The summed E-state index contributed by atoms with van der Waals surface area (Å²) >= 11 is 0. The van der Waals surface area contributed by atoms with E-state index in [0.29, 0.717) is 28.6 Å². The van der Waals surface area contributed by atoms with Gasteiger partial charge in [-0.2, -0.15) is 15.1 Å². The van der Waals surface area contributed by atoms with Crippen molar-refractivity contribution >= 4 is 33.2 Å². The predicted molar refractivity (Wildman–Crippen MR) is 137 cm³/mol. The van der Waals surface area contributed by atoms with Crippen molar-refractivity contribution in [2.24, 2.45) is 5.10 Å². The molecule has 0 atom stereocenters. The SMILES string of the molecule is CNS(=O)(=O)c1ccc(C(C)=NNc2nc(Nc3cc(F)ccc3C)nc(-n3ccnc3)c2C)cc1. The van der Waals surface area contributed by atoms with Crippen molar-refractivity contribution in [1.82, 2.24) is 24.2 Å². The molecule has 4 rings (SSSR count). The number of hydrogen-bond acceptors (Lipinski definition) is 8. The summed E-state index contributed by atoms with van der Waals surface area (Å²) in [6.45, 7) is 5.49. The second-order valence-corrected chi connectivity index (χ2v) is 9.83. The number of rotatable bonds is 8. The Labute approximate surface area is 208 Å². The Morgan fingerprint density at radius 2 is 1.83 bits per heavy atom. The molecule has 0 saturated heterocycles. The van der Waals surface area contributed by atoms with Crippen LogP contribution in [0.2, 0.25) is 0 Å². The molecular weight excluding hydrogens is 483 g/mol. The minimum atomic E-state index is -3.52. The highest BCUT2D eigenvalue weighted by molar-refractivity contribution is 7.89. The molecule has 0 amide bonds. The van der Waals surface area contributed by atoms with E-state index in [2.05, 4.69) is 35.5 Å². The standard InChI is InChI=1S/C24H25FN8O2S/c1-15-5-8-19(25)13-21(15)28-24-29-22(16(2)23(30-24)33-12-11-27-14-33)32-31-17(3)18-6-9-20(10-7-18)36(34,35)26-4/h5-14,26H,1-4H3,(H2,28,29,30,32). The molecule has 0 aliphatic carbocycles. The van der Waals surface area contributed by atoms with Gasteiger partial charge < -0.3 is 5.32 Å². The summed E-state index contributed by atoms with van der Waals surface area (Å²) in [5.74, 6) is 0.863. The van der Waals surface area contributed by atoms with E-state index in [9.17, 15) is 12.8 Å². The molecule has 4 aromatic rings. The van der Waals surface area contributed by atoms with Gasteiger partial charge in [-0.3, -0.25) is 9.99 Å². The fourth-order valence-electron chi connectivity index (χ4n) is 3.35. The molecule has 0 fully saturated rings. The van der Waals surface area contributed by atoms with E-state index >= 15 is 0 Å². The van der Waals surface area contributed by atoms with Crippen molar-refractivity contribution < 1.29 is 12.8 Å². The molecule has 2 heterocycles. The molecule has 0 aliphatic heterocycles. The van der Waals surface area contributed by atoms with Crippen molar-refractivity contribution in [3.05, 3.63) is 83.7 Å². The lowest BCUT2D eigenvalue weighted by molar-refractivity contribution is 0.588. The summed E-state index contributed by atoms with van der Waals surface area (Å²) in [5, 5.41) is 7.52. The number of sulfonamides is 1. The molecule has 10 nitrogen and oxygen atoms in total. The zero-order valence-electron chi connectivity index (χ0n) is 20.1. The minimum absolute atomic E-state index is 0.162. The van der Waals surface area contributed by atoms with Crippen molar-refractivity contribution in [2.75, 3.05) is 17.8 Å². The largest absolute Gasteiger partial charge is 0.324 e. The average molecular weight is 509 g/mol. The highest BCUT2D eigenvalue weighted by atomic mass is 32.2. The third kappa shape index (κ3) is 5.39. The molecule has 36 heavy (non-hydrogen) atoms. The lowest BCUT2D eigenvalue weighted by Gasteiger charge is -2.15. The summed E-state index contributed by atoms with van der Waals surface area (Å²) in [6, 6.07) is 10.8. The molecule has 2 aromatic heterocycles. The normalized spacial score (nSPS) is 12.0. The van der Waals surface area contributed by atoms with Gasteiger partial charge in [-0.25, -0.2) is 22.5 Å². The van der Waals surface area contributed by atoms with E-state index in [0.717, 1.165) is 11.1 Å². The van der Waals surface area contributed by atoms with Gasteiger partial charge in [0.15, 0.2) is 5.82 Å². The highest BCUT2D eigenvalue weighted by Crippen LogP contribution is 2.25. The van der Waals surface area contributed by atoms with Crippen molar-refractivity contribution in [3.8, 4) is 5.82 Å². The Balaban J connectivity index is 1.67. The highest BCUT2D eigenvalue weighted by Gasteiger charge is 2.15. The Morgan fingerprint density at radius 3 is 2.50 bits per heavy atom. The lowest BCUT2D eigenvalue weighted by Crippen LogP contribution is -2.18. The number of imidazole rings is 1. The third-order valence-electron chi connectivity index (χ3n) is 5.50. The zero-order chi connectivity index (χ0) is 25.9. The second kappa shape index (κ2) is 10.2. The Morgan fingerprint density at radius 1 is 1.08 bits per heavy atom. The summed E-state index contributed by atoms with van der Waals surface area (Å²) in [4.78, 5) is 13.4. The van der Waals surface area contributed by atoms with Crippen LogP contribution < -0.4 is 15.5 Å². The molecule has 186 valence electrons. The van der Waals surface area contributed by atoms with Gasteiger partial charge in [0.1, 0.15) is 18.0 Å². The molecule has 3 N–H and O–H groups in total. The lowest BCUT2D eigenvalue weighted by atomic mass is 10.1. The number of hydrogen-bond donors (Lipinski definition) is 3. The van der Waals surface area contributed by atoms with Gasteiger partial charge in [0.05, 0.1) is 10.6 Å². The van der Waals surface area contributed by atoms with Gasteiger partial charge in [0.2, 0.25) is 16.0 Å². The minimum Gasteiger partial charge on any atom is -0.324 e. The van der Waals surface area contributed by atoms with Crippen LogP contribution in [-0.4, -0.2) is 40.7 Å². The molecule has 2 aromatic carbocycles. The smallest absolute Gasteiger partial charge is 0.240 e. The number of aromatic nitrogens is 4. The Bertz CT molecular complexity index is 1520. The summed E-state index contributed by atoms with van der Waals surface area (Å²) < 4.78 is 41.8. The molecule has 0 spiro atoms. The van der Waals surface area contributed by atoms with E-state index in [-0.39, 0.29) is 16.7 Å². The monoisotopic (exact) mass is 508 g/mol. The van der Waals surface area contributed by atoms with Crippen LogP contribution in [0, 0.1) is 19.7 Å². The van der Waals surface area contributed by atoms with Gasteiger partial charge in [-0.15, -0.1) is 0 Å². The number of benzene rings is 2. The van der Waals surface area contributed by atoms with E-state index < -0.39 is 10.0 Å². The number of nitrogens with one attached hydrogen (secondary N) is 3. The topological polar surface area (TPSA) is 126 Å². The maximum atomic E-state index is 13.8. The zero-order valence-corrected chi connectivity index (χ0v) is 20.9. The first-order chi connectivity index (χ1) is 17.2. The maximum Gasteiger partial charge on any atom is 0.240 e. The van der Waals surface area contributed by atoms with Gasteiger partial charge in [-0.05, 0) is 63.2 Å². The number of nitrogens with zero attached hydrogens (tertiary/aromatic N) is 5. The fourth-order valence-corrected chi connectivity index (χ4v) is 4.08. The molecule has 0 radical (unpaired) electrons. The van der Waals surface area contributed by atoms with Crippen LogP contribution in [0.4, 0.5) is 21.8 Å². The molecule has 0 aliphatic rings. The first kappa shape index (κ1) is 24.9. The number of hydrazone groups is 1. The van der Waals surface area contributed by atoms with Crippen LogP contribution in [-0.2, 0) is 10.0 Å². The van der Waals surface area contributed by atoms with Crippen LogP contribution in [0.3, 0.4) is 0 Å². The van der Waals surface area contributed by atoms with E-state index in [4.69, 9.17) is 0 Å². The summed E-state index contributed by atoms with van der Waals surface area (Å²) in [5.41, 5.74) is 6.40. The first-order valence-corrected chi connectivity index (χ1v) is 12.4. The van der Waals surface area contributed by atoms with Crippen LogP contribution in [0.1, 0.15) is 23.6 Å². The van der Waals surface area contributed by atoms with Gasteiger partial charge in [0.25, 0.3) is 0 Å². The van der Waals surface area contributed by atoms with Crippen molar-refractivity contribution in [3.63, 3.8) is 0 Å². The van der Waals surface area contributed by atoms with Crippen molar-refractivity contribution in [1.29, 1.82) is 0 Å². The number of aryl methyl sites for hydroxylation is 1. The number of anilines is 3. The van der Waals surface area contributed by atoms with Crippen LogP contribution in [0.5, 0.6) is 0 Å². The molecule has 12 heteroatoms. The van der Waals surface area contributed by atoms with E-state index in [1.165, 1.54) is 31.3 Å². The van der Waals surface area contributed by atoms with E-state index in [1.54, 1.807) is 48.4 Å². The second-order valence-electron chi connectivity index (χ2n) is 7.94. The third-order valence-corrected chi connectivity index (χ3v) is 6.93. The molecule has 0 bridgehead atoms. The van der Waals surface area contributed by atoms with Crippen molar-refractivity contribution in [2.45, 2.75) is 25.7 Å². The first-order valence-electron chi connectivity index (χ1n) is 10.9. The molecule has 0 unspecified atom stereocenters. The Hall–Kier alpha value is -4.16. The van der Waals surface area contributed by atoms with Gasteiger partial charge >= 0.3 is 0 Å². The molecule has 0 saturated carbocycles. The van der Waals surface area contributed by atoms with Crippen LogP contribution in [0.25, 0.3) is 5.82 Å². The average Bonchev–Trinajstić information content (AvgIpc) is 3.41. The summed E-state index contributed by atoms with van der Waals surface area (Å²) in [7, 11) is -2.16. The quantitative estimate of drug-likeness (QED) is 0.243. The molecular formula is C24H25FN8O2S. The number of halogens is 1. The maximum absolute atomic E-state index is 13.8. The van der Waals surface area contributed by atoms with E-state index in [1.807, 2.05) is 13.8 Å².